The third kappa shape index (κ3) is 1.76. The van der Waals surface area contributed by atoms with Gasteiger partial charge in [0.1, 0.15) is 5.69 Å². The van der Waals surface area contributed by atoms with E-state index < -0.39 is 0 Å². The van der Waals surface area contributed by atoms with Crippen molar-refractivity contribution < 1.29 is 0 Å². The molecular formula is C9H16N4O. The second kappa shape index (κ2) is 3.77. The molecule has 0 saturated carbocycles. The van der Waals surface area contributed by atoms with E-state index in [0.717, 1.165) is 0 Å². The van der Waals surface area contributed by atoms with E-state index in [2.05, 4.69) is 10.2 Å². The van der Waals surface area contributed by atoms with Crippen LogP contribution in [0.4, 0.5) is 5.95 Å². The van der Waals surface area contributed by atoms with Crippen molar-refractivity contribution in [1.82, 2.24) is 14.8 Å². The predicted molar refractivity (Wildman–Crippen MR) is 55.7 cm³/mol. The van der Waals surface area contributed by atoms with E-state index in [1.165, 1.54) is 4.57 Å². The molecule has 78 valence electrons. The van der Waals surface area contributed by atoms with Crippen molar-refractivity contribution in [2.24, 2.45) is 7.05 Å². The zero-order valence-electron chi connectivity index (χ0n) is 9.27. The molecule has 0 aliphatic heterocycles. The van der Waals surface area contributed by atoms with Crippen molar-refractivity contribution in [3.63, 3.8) is 0 Å². The fourth-order valence-corrected chi connectivity index (χ4v) is 1.22. The lowest BCUT2D eigenvalue weighted by Crippen LogP contribution is -2.30. The number of hydrogen-bond donors (Lipinski definition) is 0. The lowest BCUT2D eigenvalue weighted by Gasteiger charge is -2.15. The molecule has 0 saturated heterocycles. The van der Waals surface area contributed by atoms with E-state index in [0.29, 0.717) is 11.6 Å². The van der Waals surface area contributed by atoms with E-state index in [4.69, 9.17) is 0 Å². The monoisotopic (exact) mass is 196 g/mol. The fraction of sp³-hybridized carbons (Fsp3) is 0.667. The Morgan fingerprint density at radius 1 is 1.29 bits per heavy atom. The Morgan fingerprint density at radius 3 is 2.29 bits per heavy atom. The minimum atomic E-state index is -0.0706. The molecule has 0 aliphatic carbocycles. The SMILES string of the molecule is CC(C)c1nnc(N(C)C)n(C)c1=O. The number of rotatable bonds is 2. The second-order valence-corrected chi connectivity index (χ2v) is 3.80. The van der Waals surface area contributed by atoms with Crippen molar-refractivity contribution in [3.05, 3.63) is 16.0 Å². The Bertz CT molecular complexity index is 381. The molecule has 5 nitrogen and oxygen atoms in total. The number of nitrogens with zero attached hydrogens (tertiary/aromatic N) is 4. The molecule has 0 bridgehead atoms. The maximum absolute atomic E-state index is 11.8. The highest BCUT2D eigenvalue weighted by Gasteiger charge is 2.12. The molecule has 0 spiro atoms. The van der Waals surface area contributed by atoms with Gasteiger partial charge in [-0.15, -0.1) is 10.2 Å². The molecule has 0 unspecified atom stereocenters. The minimum Gasteiger partial charge on any atom is -0.347 e. The Hall–Kier alpha value is -1.39. The van der Waals surface area contributed by atoms with Crippen molar-refractivity contribution >= 4 is 5.95 Å². The van der Waals surface area contributed by atoms with Gasteiger partial charge in [-0.25, -0.2) is 0 Å². The summed E-state index contributed by atoms with van der Waals surface area (Å²) >= 11 is 0. The van der Waals surface area contributed by atoms with Crippen LogP contribution in [0.15, 0.2) is 4.79 Å². The maximum Gasteiger partial charge on any atom is 0.276 e. The highest BCUT2D eigenvalue weighted by atomic mass is 16.1. The van der Waals surface area contributed by atoms with Crippen molar-refractivity contribution in [1.29, 1.82) is 0 Å². The van der Waals surface area contributed by atoms with Crippen molar-refractivity contribution in [2.75, 3.05) is 19.0 Å². The van der Waals surface area contributed by atoms with E-state index in [1.807, 2.05) is 27.9 Å². The summed E-state index contributed by atoms with van der Waals surface area (Å²) in [4.78, 5) is 13.5. The summed E-state index contributed by atoms with van der Waals surface area (Å²) in [6.07, 6.45) is 0. The van der Waals surface area contributed by atoms with Crippen LogP contribution in [0.1, 0.15) is 25.5 Å². The molecule has 0 fully saturated rings. The topological polar surface area (TPSA) is 51.0 Å². The predicted octanol–water partition coefficient (Wildman–Crippen LogP) is 0.365. The third-order valence-corrected chi connectivity index (χ3v) is 2.02. The molecule has 0 N–H and O–H groups in total. The van der Waals surface area contributed by atoms with Gasteiger partial charge in [-0.3, -0.25) is 9.36 Å². The normalized spacial score (nSPS) is 10.7. The lowest BCUT2D eigenvalue weighted by atomic mass is 10.1. The van der Waals surface area contributed by atoms with Crippen LogP contribution in [0.25, 0.3) is 0 Å². The smallest absolute Gasteiger partial charge is 0.276 e. The van der Waals surface area contributed by atoms with Gasteiger partial charge in [-0.2, -0.15) is 0 Å². The van der Waals surface area contributed by atoms with E-state index in [9.17, 15) is 4.79 Å². The van der Waals surface area contributed by atoms with Crippen LogP contribution in [0.2, 0.25) is 0 Å². The molecular weight excluding hydrogens is 180 g/mol. The van der Waals surface area contributed by atoms with Gasteiger partial charge >= 0.3 is 0 Å². The summed E-state index contributed by atoms with van der Waals surface area (Å²) < 4.78 is 1.52. The summed E-state index contributed by atoms with van der Waals surface area (Å²) in [5.74, 6) is 0.678. The summed E-state index contributed by atoms with van der Waals surface area (Å²) in [6.45, 7) is 3.86. The molecule has 1 aromatic heterocycles. The molecule has 1 heterocycles. The summed E-state index contributed by atoms with van der Waals surface area (Å²) in [5.41, 5.74) is 0.441. The highest BCUT2D eigenvalue weighted by Crippen LogP contribution is 2.07. The summed E-state index contributed by atoms with van der Waals surface area (Å²) in [5, 5.41) is 7.93. The largest absolute Gasteiger partial charge is 0.347 e. The van der Waals surface area contributed by atoms with Crippen LogP contribution in [0, 0.1) is 0 Å². The van der Waals surface area contributed by atoms with E-state index in [-0.39, 0.29) is 11.5 Å². The first kappa shape index (κ1) is 10.7. The quantitative estimate of drug-likeness (QED) is 0.685. The Morgan fingerprint density at radius 2 is 1.86 bits per heavy atom. The molecule has 0 amide bonds. The fourth-order valence-electron chi connectivity index (χ4n) is 1.22. The zero-order chi connectivity index (χ0) is 10.9. The molecule has 0 atom stereocenters. The third-order valence-electron chi connectivity index (χ3n) is 2.02. The summed E-state index contributed by atoms with van der Waals surface area (Å²) in [6, 6.07) is 0. The standard InChI is InChI=1S/C9H16N4O/c1-6(2)7-8(14)13(5)9(11-10-7)12(3)4/h6H,1-5H3. The molecule has 0 radical (unpaired) electrons. The van der Waals surface area contributed by atoms with Crippen LogP contribution in [-0.4, -0.2) is 28.9 Å². The first-order valence-corrected chi connectivity index (χ1v) is 4.56. The Kier molecular flexibility index (Phi) is 2.88. The van der Waals surface area contributed by atoms with E-state index >= 15 is 0 Å². The van der Waals surface area contributed by atoms with Gasteiger partial charge in [0.15, 0.2) is 0 Å². The Balaban J connectivity index is 3.34. The molecule has 1 rings (SSSR count). The maximum atomic E-state index is 11.8. The molecule has 0 aromatic carbocycles. The average molecular weight is 196 g/mol. The molecule has 5 heteroatoms. The number of hydrogen-bond acceptors (Lipinski definition) is 4. The first-order valence-electron chi connectivity index (χ1n) is 4.56. The van der Waals surface area contributed by atoms with Gasteiger partial charge in [0, 0.05) is 27.1 Å². The van der Waals surface area contributed by atoms with Crippen molar-refractivity contribution in [2.45, 2.75) is 19.8 Å². The first-order chi connectivity index (χ1) is 6.45. The molecule has 1 aromatic rings. The van der Waals surface area contributed by atoms with Gasteiger partial charge in [-0.05, 0) is 0 Å². The van der Waals surface area contributed by atoms with Gasteiger partial charge in [0.2, 0.25) is 5.95 Å². The van der Waals surface area contributed by atoms with Gasteiger partial charge in [0.25, 0.3) is 5.56 Å². The number of aromatic nitrogens is 3. The van der Waals surface area contributed by atoms with Crippen molar-refractivity contribution in [3.8, 4) is 0 Å². The Labute approximate surface area is 83.4 Å². The van der Waals surface area contributed by atoms with E-state index in [1.54, 1.807) is 11.9 Å². The van der Waals surface area contributed by atoms with Crippen LogP contribution >= 0.6 is 0 Å². The number of anilines is 1. The lowest BCUT2D eigenvalue weighted by molar-refractivity contribution is 0.680. The van der Waals surface area contributed by atoms with Crippen LogP contribution in [0.5, 0.6) is 0 Å². The second-order valence-electron chi connectivity index (χ2n) is 3.80. The van der Waals surface area contributed by atoms with Gasteiger partial charge in [0.05, 0.1) is 0 Å². The van der Waals surface area contributed by atoms with Crippen LogP contribution in [0.3, 0.4) is 0 Å². The summed E-state index contributed by atoms with van der Waals surface area (Å²) in [7, 11) is 5.37. The molecule has 14 heavy (non-hydrogen) atoms. The highest BCUT2D eigenvalue weighted by molar-refractivity contribution is 5.26. The van der Waals surface area contributed by atoms with Crippen LogP contribution in [-0.2, 0) is 7.05 Å². The zero-order valence-corrected chi connectivity index (χ0v) is 9.27. The average Bonchev–Trinajstić information content (AvgIpc) is 2.08. The van der Waals surface area contributed by atoms with Crippen LogP contribution < -0.4 is 10.5 Å². The van der Waals surface area contributed by atoms with Gasteiger partial charge < -0.3 is 4.90 Å². The van der Waals surface area contributed by atoms with Gasteiger partial charge in [-0.1, -0.05) is 13.8 Å². The molecule has 0 aliphatic rings. The minimum absolute atomic E-state index is 0.0706.